The van der Waals surface area contributed by atoms with Crippen LogP contribution in [0.4, 0.5) is 81.5 Å². The van der Waals surface area contributed by atoms with Crippen molar-refractivity contribution in [3.8, 4) is 17.5 Å². The van der Waals surface area contributed by atoms with Gasteiger partial charge in [-0.25, -0.2) is 38.1 Å². The van der Waals surface area contributed by atoms with Crippen LogP contribution in [0.5, 0.6) is 0 Å². The lowest BCUT2D eigenvalue weighted by Crippen LogP contribution is -2.26. The number of aliphatic hydroxyl groups excluding tert-OH is 1. The van der Waals surface area contributed by atoms with Gasteiger partial charge in [0.05, 0.1) is 54.3 Å². The first-order valence-corrected chi connectivity index (χ1v) is 36.2. The van der Waals surface area contributed by atoms with Gasteiger partial charge in [-0.3, -0.25) is 30.3 Å². The number of hydrogen-bond acceptors (Lipinski definition) is 25. The molecule has 9 aromatic heterocycles. The van der Waals surface area contributed by atoms with Crippen molar-refractivity contribution in [1.82, 2.24) is 95.6 Å². The van der Waals surface area contributed by atoms with E-state index in [4.69, 9.17) is 50.9 Å². The number of fused-ring (bicyclic) bond motifs is 1. The fraction of sp³-hybridized carbons (Fsp3) is 0.214. The molecule has 0 bridgehead atoms. The summed E-state index contributed by atoms with van der Waals surface area (Å²) in [5, 5.41) is 77.7. The van der Waals surface area contributed by atoms with Crippen molar-refractivity contribution in [2.24, 2.45) is 5.73 Å². The van der Waals surface area contributed by atoms with E-state index in [1.165, 1.54) is 75.9 Å². The van der Waals surface area contributed by atoms with E-state index in [1.54, 1.807) is 61.1 Å². The number of benzene rings is 4. The third kappa shape index (κ3) is 19.0. The zero-order valence-corrected chi connectivity index (χ0v) is 59.2. The van der Waals surface area contributed by atoms with Gasteiger partial charge < -0.3 is 48.1 Å². The summed E-state index contributed by atoms with van der Waals surface area (Å²) in [5.74, 6) is 8.37. The molecule has 4 fully saturated rings. The summed E-state index contributed by atoms with van der Waals surface area (Å²) < 4.78 is 26.5. The molecular weight excluding hydrogens is 1440 g/mol. The van der Waals surface area contributed by atoms with Crippen LogP contribution in [0, 0.1) is 11.3 Å². The number of primary amides is 1. The lowest BCUT2D eigenvalue weighted by Gasteiger charge is -2.09. The molecule has 0 radical (unpaired) electrons. The molecule has 32 nitrogen and oxygen atoms in total. The van der Waals surface area contributed by atoms with Gasteiger partial charge in [0.25, 0.3) is 0 Å². The monoisotopic (exact) mass is 1520 g/mol. The van der Waals surface area contributed by atoms with Crippen molar-refractivity contribution >= 4 is 143 Å². The summed E-state index contributed by atoms with van der Waals surface area (Å²) >= 11 is 18.6. The Bertz CT molecular complexity index is 5430. The number of aromatic nitrogens is 18. The predicted molar refractivity (Wildman–Crippen MR) is 426 cm³/mol. The summed E-state index contributed by atoms with van der Waals surface area (Å²) in [5.41, 5.74) is 15.2. The van der Waals surface area contributed by atoms with Gasteiger partial charge in [-0.1, -0.05) is 46.9 Å². The number of hydrogen-bond donors (Lipinski definition) is 15. The maximum Gasteiger partial charge on any atom is 0.248 e. The van der Waals surface area contributed by atoms with Crippen molar-refractivity contribution in [2.45, 2.75) is 86.4 Å². The summed E-state index contributed by atoms with van der Waals surface area (Å²) in [6, 6.07) is 38.2. The molecule has 4 saturated carbocycles. The van der Waals surface area contributed by atoms with Gasteiger partial charge in [0, 0.05) is 133 Å². The third-order valence-electron chi connectivity index (χ3n) is 16.8. The van der Waals surface area contributed by atoms with Crippen molar-refractivity contribution in [3.05, 3.63) is 201 Å². The van der Waals surface area contributed by atoms with E-state index in [0.717, 1.165) is 62.1 Å². The molecule has 13 aromatic rings. The van der Waals surface area contributed by atoms with Gasteiger partial charge in [-0.15, -0.1) is 0 Å². The molecule has 0 spiro atoms. The smallest absolute Gasteiger partial charge is 0.248 e. The number of carbonyl (C=O) groups excluding carboxylic acids is 1. The molecule has 0 aliphatic heterocycles. The number of nitrogens with one attached hydrogen (secondary N) is 13. The molecular formula is C70H89Cl3N28O4S. The zero-order valence-electron chi connectivity index (χ0n) is 56.1. The van der Waals surface area contributed by atoms with Gasteiger partial charge in [0.1, 0.15) is 20.9 Å². The van der Waals surface area contributed by atoms with E-state index in [-0.39, 0.29) is 33.7 Å². The molecule has 1 amide bonds. The Morgan fingerprint density at radius 3 is 1.47 bits per heavy atom. The number of aliphatic hydroxyl groups is 1. The number of H-pyrrole nitrogens is 5. The zero-order chi connectivity index (χ0) is 73.1. The van der Waals surface area contributed by atoms with Gasteiger partial charge in [0.2, 0.25) is 33.8 Å². The Morgan fingerprint density at radius 2 is 0.981 bits per heavy atom. The van der Waals surface area contributed by atoms with E-state index >= 15 is 0 Å². The van der Waals surface area contributed by atoms with Gasteiger partial charge in [0.15, 0.2) is 46.5 Å². The number of nitriles is 1. The minimum Gasteiger partial charge on any atom is -0.395 e. The number of aromatic amines is 5. The molecule has 16 N–H and O–H groups in total. The van der Waals surface area contributed by atoms with Crippen molar-refractivity contribution < 1.29 is 34.0 Å². The minimum absolute atomic E-state index is 0. The molecule has 0 unspecified atom stereocenters. The summed E-state index contributed by atoms with van der Waals surface area (Å²) in [6.45, 7) is -0.321. The van der Waals surface area contributed by atoms with E-state index in [1.807, 2.05) is 66.7 Å². The number of halogens is 3. The first-order valence-electron chi connectivity index (χ1n) is 33.6. The first kappa shape index (κ1) is 70.8. The molecule has 560 valence electrons. The summed E-state index contributed by atoms with van der Waals surface area (Å²) in [4.78, 5) is 45.8. The van der Waals surface area contributed by atoms with Crippen LogP contribution in [0.3, 0.4) is 0 Å². The Hall–Kier alpha value is -12.2. The van der Waals surface area contributed by atoms with Crippen molar-refractivity contribution in [3.63, 3.8) is 0 Å². The lowest BCUT2D eigenvalue weighted by atomic mass is 10.1. The van der Waals surface area contributed by atoms with Crippen LogP contribution in [-0.4, -0.2) is 123 Å². The second-order valence-corrected chi connectivity index (χ2v) is 28.0. The average Bonchev–Trinajstić information content (AvgIpc) is 1.66. The topological polar surface area (TPSA) is 464 Å². The fourth-order valence-electron chi connectivity index (χ4n) is 10.6. The lowest BCUT2D eigenvalue weighted by molar-refractivity contribution is 0.1000. The number of anilines is 14. The number of carbonyl (C=O) groups is 1. The van der Waals surface area contributed by atoms with Crippen LogP contribution in [0.15, 0.2) is 157 Å². The Kier molecular flexibility index (Phi) is 21.5. The first-order chi connectivity index (χ1) is 51.6. The van der Waals surface area contributed by atoms with Crippen LogP contribution in [0.1, 0.15) is 129 Å². The van der Waals surface area contributed by atoms with E-state index in [9.17, 15) is 13.2 Å². The summed E-state index contributed by atoms with van der Waals surface area (Å²) in [7, 11) is -3.67. The van der Waals surface area contributed by atoms with E-state index in [0.29, 0.717) is 121 Å². The maximum absolute atomic E-state index is 12.1. The fourth-order valence-corrected chi connectivity index (χ4v) is 12.0. The molecule has 4 aliphatic rings. The van der Waals surface area contributed by atoms with Crippen LogP contribution in [0.2, 0.25) is 15.1 Å². The predicted octanol–water partition coefficient (Wildman–Crippen LogP) is 16.2. The number of nitrogens with two attached hydrogens (primary N) is 1. The van der Waals surface area contributed by atoms with Gasteiger partial charge >= 0.3 is 0 Å². The standard InChI is InChI=1S/C18H16ClN7.C18H19ClN6O3S.C17H15ClN8.C17H17N7O.11H2/c19-14-10-21-18(22-13-5-1-11(2-6-13)7-8-20)24-17(14)23-16-9-15(25-26-16)12-3-4-12;19-14-10-20-17(12-3-5-13(6-4-12)29(27,28)21-7-8-26)23-18(14)22-16-9-15(24-25-16)11-1-2-11;18-12-8-19-17(21-11-3-4-13-10(5-11)7-20-24-13)23-16(12)22-15-6-14(25-26-15)9-1-2-9;18-16(25)11-3-5-12(6-4-11)20-17-19-8-7-14(22-17)21-15-9-13(23-24-15)10-1-2-10;;;;;;;;;;;/h1-2,5-6,9-10,12H,3-4,7H2,(H3,21,22,23,24,25,26);3-6,9-11,21,26H,1-2,7-8H2,(H2,20,22,23,24,25);3-9H,1-2H2,(H,20,24)(H3,19,21,22,23,25,26);3-10H,1-2H2,(H2,18,25)(H3,19,20,21,22,23,24);11*1H. The SMILES string of the molecule is Clc1cnc(Nc2ccc3[nH]ncc3c2)nc1Nc1cc(C2CC2)[nH]n1.N#CCc1ccc(Nc2ncc(Cl)c(Nc3cc(C4CC4)[nH]n3)n2)cc1.NC(=O)c1ccc(Nc2nccc(Nc3cc(C4CC4)[nH]n3)n2)cc1.O=S(=O)(NCCO)c1ccc(-c2ncc(Cl)c(Nc3cc(C4CC4)[nH]n3)n2)cc1.[HH].[HH].[HH].[HH].[HH].[HH].[HH].[HH].[HH].[HH].[HH]. The minimum atomic E-state index is -3.67. The molecule has 106 heavy (non-hydrogen) atoms. The highest BCUT2D eigenvalue weighted by atomic mass is 35.5. The Balaban J connectivity index is 0.000000392. The highest BCUT2D eigenvalue weighted by Crippen LogP contribution is 2.43. The molecule has 0 atom stereocenters. The molecule has 9 heterocycles. The molecule has 0 saturated heterocycles. The van der Waals surface area contributed by atoms with Crippen molar-refractivity contribution in [1.29, 1.82) is 5.26 Å². The largest absolute Gasteiger partial charge is 0.395 e. The Morgan fingerprint density at radius 1 is 0.519 bits per heavy atom. The molecule has 4 aromatic carbocycles. The number of sulfonamides is 1. The van der Waals surface area contributed by atoms with Crippen molar-refractivity contribution in [2.75, 3.05) is 50.4 Å². The van der Waals surface area contributed by atoms with Crippen LogP contribution < -0.4 is 47.7 Å². The average molecular weight is 1530 g/mol. The normalized spacial score (nSPS) is 13.7. The van der Waals surface area contributed by atoms with Crippen LogP contribution in [-0.2, 0) is 16.4 Å². The molecule has 4 aliphatic carbocycles. The number of nitrogens with zero attached hydrogens (tertiary/aromatic N) is 14. The second kappa shape index (κ2) is 32.2. The second-order valence-electron chi connectivity index (χ2n) is 25.0. The maximum atomic E-state index is 12.1. The summed E-state index contributed by atoms with van der Waals surface area (Å²) in [6.07, 6.45) is 18.0. The number of rotatable bonds is 25. The van der Waals surface area contributed by atoms with Gasteiger partial charge in [-0.05, 0) is 142 Å². The third-order valence-corrected chi connectivity index (χ3v) is 19.1. The van der Waals surface area contributed by atoms with E-state index in [2.05, 4.69) is 139 Å². The Labute approximate surface area is 636 Å². The quantitative estimate of drug-likeness (QED) is 0.0253. The van der Waals surface area contributed by atoms with E-state index < -0.39 is 15.9 Å². The molecule has 36 heteroatoms. The van der Waals surface area contributed by atoms with Crippen LogP contribution >= 0.6 is 34.8 Å². The van der Waals surface area contributed by atoms with Gasteiger partial charge in [-0.2, -0.15) is 45.7 Å². The molecule has 17 rings (SSSR count). The highest BCUT2D eigenvalue weighted by Gasteiger charge is 2.29. The number of amides is 1. The highest BCUT2D eigenvalue weighted by molar-refractivity contribution is 7.89. The van der Waals surface area contributed by atoms with Crippen LogP contribution in [0.25, 0.3) is 22.3 Å².